The normalized spacial score (nSPS) is 10.5. The maximum absolute atomic E-state index is 11.9. The molecule has 0 fully saturated rings. The third kappa shape index (κ3) is 5.41. The molecule has 2 aromatic carbocycles. The van der Waals surface area contributed by atoms with Crippen LogP contribution in [0.5, 0.6) is 23.0 Å². The van der Waals surface area contributed by atoms with E-state index in [2.05, 4.69) is 6.72 Å². The third-order valence-electron chi connectivity index (χ3n) is 2.89. The fourth-order valence-electron chi connectivity index (χ4n) is 1.84. The summed E-state index contributed by atoms with van der Waals surface area (Å²) < 4.78 is 5.60. The Bertz CT molecular complexity index is 731. The van der Waals surface area contributed by atoms with Crippen molar-refractivity contribution >= 4 is 12.9 Å². The first-order valence-electron chi connectivity index (χ1n) is 6.72. The molecule has 0 saturated carbocycles. The molecular formula is C16H18N2O6. The minimum Gasteiger partial charge on any atom is -0.626 e. The van der Waals surface area contributed by atoms with E-state index in [1.54, 1.807) is 6.07 Å². The summed E-state index contributed by atoms with van der Waals surface area (Å²) in [4.78, 5) is 0. The quantitative estimate of drug-likeness (QED) is 0.273. The van der Waals surface area contributed by atoms with E-state index in [9.17, 15) is 20.5 Å². The lowest BCUT2D eigenvalue weighted by Gasteiger charge is -2.07. The summed E-state index contributed by atoms with van der Waals surface area (Å²) in [5, 5.41) is 50.0. The highest BCUT2D eigenvalue weighted by molar-refractivity contribution is 5.77. The summed E-state index contributed by atoms with van der Waals surface area (Å²) in [5.41, 5.74) is 0.947. The van der Waals surface area contributed by atoms with Crippen LogP contribution in [-0.4, -0.2) is 40.1 Å². The minimum atomic E-state index is -0.146. The summed E-state index contributed by atoms with van der Waals surface area (Å²) in [5.74, 6) is 0.0430. The van der Waals surface area contributed by atoms with E-state index >= 15 is 0 Å². The number of methoxy groups -OCH3 is 1. The van der Waals surface area contributed by atoms with Gasteiger partial charge in [-0.2, -0.15) is 0 Å². The van der Waals surface area contributed by atoms with Crippen LogP contribution in [-0.2, 0) is 6.54 Å². The van der Waals surface area contributed by atoms with Crippen LogP contribution in [0.3, 0.4) is 0 Å². The molecule has 8 heteroatoms. The SMILES string of the molecule is C=[NH+][O-].COc1cc(C=[N+]([O-])Cc2ccc(O)cc2O)ccc1O. The zero-order valence-electron chi connectivity index (χ0n) is 13.0. The van der Waals surface area contributed by atoms with Gasteiger partial charge in [-0.3, -0.25) is 0 Å². The first-order valence-corrected chi connectivity index (χ1v) is 6.72. The molecular weight excluding hydrogens is 316 g/mol. The average molecular weight is 334 g/mol. The molecule has 0 unspecified atom stereocenters. The van der Waals surface area contributed by atoms with E-state index in [0.29, 0.717) is 15.9 Å². The third-order valence-corrected chi connectivity index (χ3v) is 2.89. The molecule has 0 saturated heterocycles. The van der Waals surface area contributed by atoms with Crippen molar-refractivity contribution < 1.29 is 30.0 Å². The molecule has 4 N–H and O–H groups in total. The molecule has 128 valence electrons. The molecule has 0 radical (unpaired) electrons. The van der Waals surface area contributed by atoms with Gasteiger partial charge in [0.15, 0.2) is 24.3 Å². The molecule has 0 spiro atoms. The lowest BCUT2D eigenvalue weighted by molar-refractivity contribution is -0.469. The van der Waals surface area contributed by atoms with Gasteiger partial charge in [0, 0.05) is 11.6 Å². The minimum absolute atomic E-state index is 0.0109. The van der Waals surface area contributed by atoms with Crippen LogP contribution in [0, 0.1) is 10.4 Å². The highest BCUT2D eigenvalue weighted by Gasteiger charge is 2.08. The highest BCUT2D eigenvalue weighted by atomic mass is 16.5. The Labute approximate surface area is 138 Å². The van der Waals surface area contributed by atoms with Gasteiger partial charge >= 0.3 is 0 Å². The number of nitrogens with zero attached hydrogens (tertiary/aromatic N) is 1. The molecule has 0 aromatic heterocycles. The Kier molecular flexibility index (Phi) is 6.90. The largest absolute Gasteiger partial charge is 0.626 e. The van der Waals surface area contributed by atoms with Crippen LogP contribution in [0.15, 0.2) is 36.4 Å². The maximum Gasteiger partial charge on any atom is 0.182 e. The number of hydrogen-bond acceptors (Lipinski definition) is 6. The molecule has 2 aromatic rings. The second-order valence-corrected chi connectivity index (χ2v) is 4.59. The monoisotopic (exact) mass is 334 g/mol. The number of phenolic OH excluding ortho intramolecular Hbond substituents is 3. The van der Waals surface area contributed by atoms with Crippen molar-refractivity contribution in [2.45, 2.75) is 6.54 Å². The predicted molar refractivity (Wildman–Crippen MR) is 88.4 cm³/mol. The lowest BCUT2D eigenvalue weighted by atomic mass is 10.2. The number of hydroxylamine groups is 1. The fourth-order valence-corrected chi connectivity index (χ4v) is 1.84. The Hall–Kier alpha value is -3.42. The summed E-state index contributed by atoms with van der Waals surface area (Å²) in [6.07, 6.45) is 1.31. The second-order valence-electron chi connectivity index (χ2n) is 4.59. The van der Waals surface area contributed by atoms with E-state index in [0.717, 1.165) is 0 Å². The highest BCUT2D eigenvalue weighted by Crippen LogP contribution is 2.26. The van der Waals surface area contributed by atoms with Crippen molar-refractivity contribution in [3.8, 4) is 23.0 Å². The summed E-state index contributed by atoms with van der Waals surface area (Å²) in [7, 11) is 1.42. The standard InChI is InChI=1S/C15H15NO5.CH3NO/c1-21-15-6-10(2-5-13(15)18)8-16(20)9-11-3-4-12(17)7-14(11)19;1-2-3/h2-8,17-19H,9H2,1H3;2H,1H2. The van der Waals surface area contributed by atoms with Gasteiger partial charge in [0.05, 0.1) is 12.7 Å². The number of phenols is 3. The molecule has 0 atom stereocenters. The van der Waals surface area contributed by atoms with Crippen molar-refractivity contribution in [1.82, 2.24) is 0 Å². The first-order chi connectivity index (χ1) is 11.4. The van der Waals surface area contributed by atoms with E-state index < -0.39 is 0 Å². The zero-order chi connectivity index (χ0) is 18.1. The molecule has 0 bridgehead atoms. The predicted octanol–water partition coefficient (Wildman–Crippen LogP) is 0.207. The van der Waals surface area contributed by atoms with Gasteiger partial charge in [-0.15, -0.1) is 0 Å². The van der Waals surface area contributed by atoms with Gasteiger partial charge in [-0.25, -0.2) is 9.89 Å². The van der Waals surface area contributed by atoms with Crippen molar-refractivity contribution in [2.75, 3.05) is 7.11 Å². The Morgan fingerprint density at radius 2 is 1.83 bits per heavy atom. The van der Waals surface area contributed by atoms with Crippen molar-refractivity contribution in [1.29, 1.82) is 0 Å². The molecule has 0 heterocycles. The van der Waals surface area contributed by atoms with E-state index in [1.807, 2.05) is 0 Å². The van der Waals surface area contributed by atoms with Crippen molar-refractivity contribution in [3.63, 3.8) is 0 Å². The van der Waals surface area contributed by atoms with Crippen LogP contribution >= 0.6 is 0 Å². The summed E-state index contributed by atoms with van der Waals surface area (Å²) in [6.45, 7) is 2.61. The second kappa shape index (κ2) is 8.89. The van der Waals surface area contributed by atoms with Crippen LogP contribution in [0.4, 0.5) is 0 Å². The Morgan fingerprint density at radius 1 is 1.17 bits per heavy atom. The molecule has 0 amide bonds. The molecule has 0 aliphatic heterocycles. The number of aromatic hydroxyl groups is 3. The molecule has 0 aliphatic rings. The Morgan fingerprint density at radius 3 is 2.42 bits per heavy atom. The zero-order valence-corrected chi connectivity index (χ0v) is 13.0. The van der Waals surface area contributed by atoms with E-state index in [4.69, 9.17) is 9.94 Å². The van der Waals surface area contributed by atoms with Crippen LogP contribution < -0.4 is 9.89 Å². The van der Waals surface area contributed by atoms with Crippen LogP contribution in [0.25, 0.3) is 0 Å². The molecule has 8 nitrogen and oxygen atoms in total. The number of nitrogens with one attached hydrogen (secondary N) is 1. The van der Waals surface area contributed by atoms with Crippen molar-refractivity contribution in [3.05, 3.63) is 57.9 Å². The van der Waals surface area contributed by atoms with Gasteiger partial charge in [0.1, 0.15) is 18.2 Å². The molecule has 0 aliphatic carbocycles. The number of benzene rings is 2. The molecule has 2 rings (SSSR count). The number of rotatable bonds is 4. The topological polar surface area (TPSA) is 133 Å². The van der Waals surface area contributed by atoms with E-state index in [-0.39, 0.29) is 29.5 Å². The van der Waals surface area contributed by atoms with Crippen LogP contribution in [0.1, 0.15) is 11.1 Å². The summed E-state index contributed by atoms with van der Waals surface area (Å²) in [6, 6.07) is 8.56. The van der Waals surface area contributed by atoms with Gasteiger partial charge < -0.3 is 30.5 Å². The maximum atomic E-state index is 11.9. The smallest absolute Gasteiger partial charge is 0.182 e. The Balaban J connectivity index is 0.000000891. The van der Waals surface area contributed by atoms with Crippen molar-refractivity contribution in [2.24, 2.45) is 0 Å². The van der Waals surface area contributed by atoms with Gasteiger partial charge in [0.2, 0.25) is 0 Å². The van der Waals surface area contributed by atoms with Gasteiger partial charge in [-0.1, -0.05) is 0 Å². The number of ether oxygens (including phenoxy) is 1. The average Bonchev–Trinajstić information content (AvgIpc) is 2.53. The summed E-state index contributed by atoms with van der Waals surface area (Å²) >= 11 is 0. The lowest BCUT2D eigenvalue weighted by Crippen LogP contribution is -2.56. The van der Waals surface area contributed by atoms with Crippen LogP contribution in [0.2, 0.25) is 0 Å². The molecule has 24 heavy (non-hydrogen) atoms. The van der Waals surface area contributed by atoms with Gasteiger partial charge in [-0.05, 0) is 30.3 Å². The van der Waals surface area contributed by atoms with Gasteiger partial charge in [0.25, 0.3) is 0 Å². The number of hydrogen-bond donors (Lipinski definition) is 4. The fraction of sp³-hybridized carbons (Fsp3) is 0.125. The van der Waals surface area contributed by atoms with E-state index in [1.165, 1.54) is 48.8 Å². The first kappa shape index (κ1) is 18.6.